The average Bonchev–Trinajstić information content (AvgIpc) is 2.99. The fraction of sp³-hybridized carbons (Fsp3) is 0.500. The highest BCUT2D eigenvalue weighted by atomic mass is 16.4. The summed E-state index contributed by atoms with van der Waals surface area (Å²) in [6, 6.07) is 7.19. The van der Waals surface area contributed by atoms with Crippen molar-refractivity contribution in [3.63, 3.8) is 0 Å². The van der Waals surface area contributed by atoms with Crippen LogP contribution in [0.15, 0.2) is 24.3 Å². The summed E-state index contributed by atoms with van der Waals surface area (Å²) in [5.74, 6) is -0.769. The van der Waals surface area contributed by atoms with Gasteiger partial charge in [0.15, 0.2) is 0 Å². The smallest absolute Gasteiger partial charge is 0.308 e. The first-order valence-corrected chi connectivity index (χ1v) is 7.17. The van der Waals surface area contributed by atoms with Gasteiger partial charge in [0.2, 0.25) is 0 Å². The van der Waals surface area contributed by atoms with Crippen LogP contribution in [0.5, 0.6) is 0 Å². The fourth-order valence-corrected chi connectivity index (χ4v) is 3.91. The maximum absolute atomic E-state index is 12.4. The molecule has 20 heavy (non-hydrogen) atoms. The Morgan fingerprint density at radius 1 is 1.20 bits per heavy atom. The molecular formula is C16H19NO3. The molecule has 1 aromatic rings. The number of nitrogens with one attached hydrogen (secondary N) is 1. The molecular weight excluding hydrogens is 254 g/mol. The Hall–Kier alpha value is -1.84. The van der Waals surface area contributed by atoms with Crippen LogP contribution in [-0.2, 0) is 4.79 Å². The van der Waals surface area contributed by atoms with Gasteiger partial charge in [-0.3, -0.25) is 9.59 Å². The van der Waals surface area contributed by atoms with Crippen molar-refractivity contribution in [2.24, 2.45) is 17.8 Å². The van der Waals surface area contributed by atoms with E-state index in [1.807, 2.05) is 25.1 Å². The van der Waals surface area contributed by atoms with E-state index in [0.717, 1.165) is 24.8 Å². The fourth-order valence-electron chi connectivity index (χ4n) is 3.91. The van der Waals surface area contributed by atoms with Crippen LogP contribution in [0.25, 0.3) is 0 Å². The van der Waals surface area contributed by atoms with Crippen molar-refractivity contribution in [3.8, 4) is 0 Å². The quantitative estimate of drug-likeness (QED) is 0.887. The SMILES string of the molecule is Cc1ccccc1C(=O)NC1C2CCC(C2)C1C(=O)O. The highest BCUT2D eigenvalue weighted by Crippen LogP contribution is 2.48. The van der Waals surface area contributed by atoms with Crippen LogP contribution in [0.1, 0.15) is 35.2 Å². The van der Waals surface area contributed by atoms with Gasteiger partial charge in [-0.25, -0.2) is 0 Å². The number of hydrogen-bond donors (Lipinski definition) is 2. The van der Waals surface area contributed by atoms with Gasteiger partial charge in [0, 0.05) is 11.6 Å². The third-order valence-electron chi connectivity index (χ3n) is 4.89. The van der Waals surface area contributed by atoms with E-state index < -0.39 is 11.9 Å². The summed E-state index contributed by atoms with van der Waals surface area (Å²) < 4.78 is 0. The molecule has 4 heteroatoms. The standard InChI is InChI=1S/C16H19NO3/c1-9-4-2-3-5-12(9)15(18)17-14-11-7-6-10(8-11)13(14)16(19)20/h2-5,10-11,13-14H,6-8H2,1H3,(H,17,18)(H,19,20). The maximum Gasteiger partial charge on any atom is 0.308 e. The van der Waals surface area contributed by atoms with Crippen molar-refractivity contribution in [2.45, 2.75) is 32.2 Å². The van der Waals surface area contributed by atoms with Crippen LogP contribution in [-0.4, -0.2) is 23.0 Å². The van der Waals surface area contributed by atoms with Crippen molar-refractivity contribution in [1.82, 2.24) is 5.32 Å². The van der Waals surface area contributed by atoms with E-state index in [0.29, 0.717) is 11.5 Å². The summed E-state index contributed by atoms with van der Waals surface area (Å²) in [6.45, 7) is 1.89. The third-order valence-corrected chi connectivity index (χ3v) is 4.89. The van der Waals surface area contributed by atoms with E-state index in [1.165, 1.54) is 0 Å². The Morgan fingerprint density at radius 2 is 1.90 bits per heavy atom. The summed E-state index contributed by atoms with van der Waals surface area (Å²) in [6.07, 6.45) is 2.96. The number of aryl methyl sites for hydroxylation is 1. The topological polar surface area (TPSA) is 66.4 Å². The van der Waals surface area contributed by atoms with Crippen LogP contribution in [0.4, 0.5) is 0 Å². The molecule has 3 rings (SSSR count). The van der Waals surface area contributed by atoms with Crippen LogP contribution in [0.2, 0.25) is 0 Å². The van der Waals surface area contributed by atoms with Crippen molar-refractivity contribution in [1.29, 1.82) is 0 Å². The first kappa shape index (κ1) is 13.2. The van der Waals surface area contributed by atoms with E-state index >= 15 is 0 Å². The number of fused-ring (bicyclic) bond motifs is 2. The summed E-state index contributed by atoms with van der Waals surface area (Å²) in [4.78, 5) is 23.8. The minimum absolute atomic E-state index is 0.146. The molecule has 1 amide bonds. The van der Waals surface area contributed by atoms with Gasteiger partial charge < -0.3 is 10.4 Å². The van der Waals surface area contributed by atoms with E-state index in [4.69, 9.17) is 0 Å². The van der Waals surface area contributed by atoms with Gasteiger partial charge in [0.25, 0.3) is 5.91 Å². The van der Waals surface area contributed by atoms with Crippen LogP contribution in [0.3, 0.4) is 0 Å². The van der Waals surface area contributed by atoms with Crippen LogP contribution in [0, 0.1) is 24.7 Å². The van der Waals surface area contributed by atoms with Crippen LogP contribution < -0.4 is 5.32 Å². The summed E-state index contributed by atoms with van der Waals surface area (Å²) in [5.41, 5.74) is 1.56. The molecule has 106 valence electrons. The summed E-state index contributed by atoms with van der Waals surface area (Å²) >= 11 is 0. The lowest BCUT2D eigenvalue weighted by atomic mass is 9.84. The van der Waals surface area contributed by atoms with Gasteiger partial charge in [-0.1, -0.05) is 18.2 Å². The number of benzene rings is 1. The highest BCUT2D eigenvalue weighted by molar-refractivity contribution is 5.96. The molecule has 0 aromatic heterocycles. The number of hydrogen-bond acceptors (Lipinski definition) is 2. The van der Waals surface area contributed by atoms with Crippen molar-refractivity contribution >= 4 is 11.9 Å². The molecule has 2 aliphatic carbocycles. The molecule has 0 heterocycles. The largest absolute Gasteiger partial charge is 0.481 e. The lowest BCUT2D eigenvalue weighted by Crippen LogP contribution is -2.46. The monoisotopic (exact) mass is 273 g/mol. The molecule has 4 unspecified atom stereocenters. The van der Waals surface area contributed by atoms with Gasteiger partial charge in [-0.15, -0.1) is 0 Å². The zero-order valence-electron chi connectivity index (χ0n) is 11.5. The molecule has 2 bridgehead atoms. The number of carbonyl (C=O) groups is 2. The second-order valence-corrected chi connectivity index (χ2v) is 6.01. The van der Waals surface area contributed by atoms with Gasteiger partial charge >= 0.3 is 5.97 Å². The second kappa shape index (κ2) is 4.93. The lowest BCUT2D eigenvalue weighted by molar-refractivity contribution is -0.144. The number of carbonyl (C=O) groups excluding carboxylic acids is 1. The van der Waals surface area contributed by atoms with Crippen LogP contribution >= 0.6 is 0 Å². The number of amides is 1. The van der Waals surface area contributed by atoms with Gasteiger partial charge in [0.1, 0.15) is 0 Å². The van der Waals surface area contributed by atoms with Crippen molar-refractivity contribution < 1.29 is 14.7 Å². The first-order chi connectivity index (χ1) is 9.58. The summed E-state index contributed by atoms with van der Waals surface area (Å²) in [7, 11) is 0. The average molecular weight is 273 g/mol. The molecule has 2 N–H and O–H groups in total. The predicted molar refractivity (Wildman–Crippen MR) is 74.4 cm³/mol. The third kappa shape index (κ3) is 2.09. The Bertz CT molecular complexity index is 554. The second-order valence-electron chi connectivity index (χ2n) is 6.01. The zero-order valence-corrected chi connectivity index (χ0v) is 11.5. The Balaban J connectivity index is 1.79. The van der Waals surface area contributed by atoms with Gasteiger partial charge in [0.05, 0.1) is 5.92 Å². The molecule has 4 nitrogen and oxygen atoms in total. The molecule has 0 spiro atoms. The number of rotatable bonds is 3. The molecule has 2 saturated carbocycles. The highest BCUT2D eigenvalue weighted by Gasteiger charge is 2.51. The summed E-state index contributed by atoms with van der Waals surface area (Å²) in [5, 5.41) is 12.4. The maximum atomic E-state index is 12.4. The molecule has 0 radical (unpaired) electrons. The van der Waals surface area contributed by atoms with Crippen molar-refractivity contribution in [3.05, 3.63) is 35.4 Å². The van der Waals surface area contributed by atoms with E-state index in [2.05, 4.69) is 5.32 Å². The molecule has 4 atom stereocenters. The number of aliphatic carboxylic acids is 1. The van der Waals surface area contributed by atoms with E-state index in [-0.39, 0.29) is 17.9 Å². The zero-order chi connectivity index (χ0) is 14.3. The molecule has 2 fully saturated rings. The van der Waals surface area contributed by atoms with E-state index in [9.17, 15) is 14.7 Å². The molecule has 2 aliphatic rings. The molecule has 0 aliphatic heterocycles. The van der Waals surface area contributed by atoms with Gasteiger partial charge in [-0.05, 0) is 49.7 Å². The minimum Gasteiger partial charge on any atom is -0.481 e. The normalized spacial score (nSPS) is 31.2. The molecule has 0 saturated heterocycles. The Kier molecular flexibility index (Phi) is 3.24. The Labute approximate surface area is 118 Å². The number of carboxylic acid groups (broad SMARTS) is 1. The minimum atomic E-state index is -0.771. The first-order valence-electron chi connectivity index (χ1n) is 7.17. The predicted octanol–water partition coefficient (Wildman–Crippen LogP) is 2.22. The Morgan fingerprint density at radius 3 is 2.60 bits per heavy atom. The van der Waals surface area contributed by atoms with Gasteiger partial charge in [-0.2, -0.15) is 0 Å². The lowest BCUT2D eigenvalue weighted by Gasteiger charge is -2.29. The van der Waals surface area contributed by atoms with Crippen molar-refractivity contribution in [2.75, 3.05) is 0 Å². The van der Waals surface area contributed by atoms with E-state index in [1.54, 1.807) is 6.07 Å². The molecule has 1 aromatic carbocycles. The number of carboxylic acids is 1.